The Morgan fingerprint density at radius 3 is 2.50 bits per heavy atom. The monoisotopic (exact) mass is 385 g/mol. The van der Waals surface area contributed by atoms with Crippen molar-refractivity contribution in [3.8, 4) is 0 Å². The third-order valence-corrected chi connectivity index (χ3v) is 6.37. The lowest BCUT2D eigenvalue weighted by Gasteiger charge is -2.26. The van der Waals surface area contributed by atoms with Gasteiger partial charge in [-0.2, -0.15) is 4.31 Å². The summed E-state index contributed by atoms with van der Waals surface area (Å²) in [6.45, 7) is 2.38. The zero-order chi connectivity index (χ0) is 19.5. The van der Waals surface area contributed by atoms with Crippen LogP contribution in [-0.2, 0) is 14.8 Å². The summed E-state index contributed by atoms with van der Waals surface area (Å²) in [4.78, 5) is 23.1. The molecule has 0 aromatic heterocycles. The van der Waals surface area contributed by atoms with Crippen molar-refractivity contribution in [2.75, 3.05) is 31.6 Å². The Morgan fingerprint density at radius 1 is 1.35 bits per heavy atom. The molecule has 0 bridgehead atoms. The SMILES string of the molecule is CC(CN(C)c1ccc(S(=O)(=O)N2CCCCC2)cc1[N+](=O)[O-])C(=O)O. The van der Waals surface area contributed by atoms with Crippen molar-refractivity contribution < 1.29 is 23.2 Å². The highest BCUT2D eigenvalue weighted by molar-refractivity contribution is 7.89. The largest absolute Gasteiger partial charge is 0.481 e. The first kappa shape index (κ1) is 20.1. The average molecular weight is 385 g/mol. The fraction of sp³-hybridized carbons (Fsp3) is 0.562. The predicted molar refractivity (Wildman–Crippen MR) is 95.8 cm³/mol. The van der Waals surface area contributed by atoms with Gasteiger partial charge in [0.25, 0.3) is 5.69 Å². The number of nitrogens with zero attached hydrogens (tertiary/aromatic N) is 3. The van der Waals surface area contributed by atoms with Crippen molar-refractivity contribution in [1.29, 1.82) is 0 Å². The molecule has 144 valence electrons. The molecule has 26 heavy (non-hydrogen) atoms. The number of carboxylic acids is 1. The van der Waals surface area contributed by atoms with Crippen LogP contribution < -0.4 is 4.90 Å². The minimum atomic E-state index is -3.78. The number of carbonyl (C=O) groups is 1. The quantitative estimate of drug-likeness (QED) is 0.562. The van der Waals surface area contributed by atoms with Gasteiger partial charge in [0.05, 0.1) is 15.7 Å². The number of aliphatic carboxylic acids is 1. The number of benzene rings is 1. The Hall–Kier alpha value is -2.20. The first-order chi connectivity index (χ1) is 12.1. The van der Waals surface area contributed by atoms with Gasteiger partial charge in [-0.25, -0.2) is 8.42 Å². The van der Waals surface area contributed by atoms with Crippen molar-refractivity contribution in [2.24, 2.45) is 5.92 Å². The van der Waals surface area contributed by atoms with Gasteiger partial charge in [0.2, 0.25) is 10.0 Å². The number of piperidine rings is 1. The molecule has 1 heterocycles. The van der Waals surface area contributed by atoms with E-state index in [2.05, 4.69) is 0 Å². The summed E-state index contributed by atoms with van der Waals surface area (Å²) in [7, 11) is -2.24. The molecule has 0 saturated carbocycles. The number of sulfonamides is 1. The van der Waals surface area contributed by atoms with Crippen LogP contribution in [0.5, 0.6) is 0 Å². The van der Waals surface area contributed by atoms with Gasteiger partial charge in [-0.1, -0.05) is 13.3 Å². The molecule has 1 aromatic carbocycles. The topological polar surface area (TPSA) is 121 Å². The normalized spacial score (nSPS) is 16.8. The maximum absolute atomic E-state index is 12.7. The molecular formula is C16H23N3O6S. The number of rotatable bonds is 7. The molecule has 10 heteroatoms. The summed E-state index contributed by atoms with van der Waals surface area (Å²) in [6, 6.07) is 3.76. The van der Waals surface area contributed by atoms with Crippen LogP contribution in [0, 0.1) is 16.0 Å². The molecule has 9 nitrogen and oxygen atoms in total. The molecule has 1 atom stereocenters. The molecule has 1 aliphatic heterocycles. The molecule has 0 spiro atoms. The van der Waals surface area contributed by atoms with Crippen molar-refractivity contribution in [1.82, 2.24) is 4.31 Å². The molecular weight excluding hydrogens is 362 g/mol. The lowest BCUT2D eigenvalue weighted by Crippen LogP contribution is -2.35. The summed E-state index contributed by atoms with van der Waals surface area (Å²) in [6.07, 6.45) is 2.52. The lowest BCUT2D eigenvalue weighted by atomic mass is 10.1. The van der Waals surface area contributed by atoms with Crippen LogP contribution in [0.25, 0.3) is 0 Å². The van der Waals surface area contributed by atoms with Gasteiger partial charge >= 0.3 is 5.97 Å². The van der Waals surface area contributed by atoms with Gasteiger partial charge in [0.1, 0.15) is 5.69 Å². The maximum atomic E-state index is 12.7. The van der Waals surface area contributed by atoms with Crippen LogP contribution in [0.4, 0.5) is 11.4 Å². The second-order valence-corrected chi connectivity index (χ2v) is 8.43. The summed E-state index contributed by atoms with van der Waals surface area (Å²) < 4.78 is 26.8. The molecule has 2 rings (SSSR count). The third kappa shape index (κ3) is 4.31. The van der Waals surface area contributed by atoms with E-state index in [4.69, 9.17) is 5.11 Å². The molecule has 0 aliphatic carbocycles. The smallest absolute Gasteiger partial charge is 0.308 e. The van der Waals surface area contributed by atoms with Crippen molar-refractivity contribution >= 4 is 27.4 Å². The second-order valence-electron chi connectivity index (χ2n) is 6.49. The molecule has 0 amide bonds. The Morgan fingerprint density at radius 2 is 1.96 bits per heavy atom. The van der Waals surface area contributed by atoms with Gasteiger partial charge in [0, 0.05) is 32.7 Å². The molecule has 1 N–H and O–H groups in total. The van der Waals surface area contributed by atoms with Crippen LogP contribution in [-0.4, -0.2) is 55.4 Å². The van der Waals surface area contributed by atoms with E-state index in [0.29, 0.717) is 13.1 Å². The summed E-state index contributed by atoms with van der Waals surface area (Å²) >= 11 is 0. The fourth-order valence-electron chi connectivity index (χ4n) is 2.97. The van der Waals surface area contributed by atoms with Crippen LogP contribution in [0.1, 0.15) is 26.2 Å². The Balaban J connectivity index is 2.36. The number of carboxylic acid groups (broad SMARTS) is 1. The fourth-order valence-corrected chi connectivity index (χ4v) is 4.51. The van der Waals surface area contributed by atoms with E-state index in [1.54, 1.807) is 7.05 Å². The summed E-state index contributed by atoms with van der Waals surface area (Å²) in [5.41, 5.74) is -0.177. The number of nitro groups is 1. The van der Waals surface area contributed by atoms with Gasteiger partial charge in [0.15, 0.2) is 0 Å². The molecule has 1 fully saturated rings. The van der Waals surface area contributed by atoms with E-state index in [0.717, 1.165) is 25.3 Å². The van der Waals surface area contributed by atoms with E-state index in [-0.39, 0.29) is 22.8 Å². The highest BCUT2D eigenvalue weighted by Crippen LogP contribution is 2.32. The minimum Gasteiger partial charge on any atom is -0.481 e. The van der Waals surface area contributed by atoms with Gasteiger partial charge < -0.3 is 10.0 Å². The van der Waals surface area contributed by atoms with E-state index < -0.39 is 26.8 Å². The Bertz CT molecular complexity index is 789. The first-order valence-electron chi connectivity index (χ1n) is 8.37. The van der Waals surface area contributed by atoms with Gasteiger partial charge in [-0.05, 0) is 25.0 Å². The van der Waals surface area contributed by atoms with Crippen molar-refractivity contribution in [3.05, 3.63) is 28.3 Å². The standard InChI is InChI=1S/C16H23N3O6S/c1-12(16(20)21)11-17(2)14-7-6-13(10-15(14)19(22)23)26(24,25)18-8-4-3-5-9-18/h6-7,10,12H,3-5,8-9,11H2,1-2H3,(H,20,21). The molecule has 1 aliphatic rings. The van der Waals surface area contributed by atoms with Gasteiger partial charge in [-0.3, -0.25) is 14.9 Å². The highest BCUT2D eigenvalue weighted by atomic mass is 32.2. The van der Waals surface area contributed by atoms with E-state index in [1.165, 1.54) is 28.3 Å². The van der Waals surface area contributed by atoms with Crippen molar-refractivity contribution in [2.45, 2.75) is 31.1 Å². The number of nitro benzene ring substituents is 1. The Kier molecular flexibility index (Phi) is 6.19. The molecule has 1 unspecified atom stereocenters. The zero-order valence-corrected chi connectivity index (χ0v) is 15.6. The number of hydrogen-bond acceptors (Lipinski definition) is 6. The van der Waals surface area contributed by atoms with Crippen LogP contribution in [0.15, 0.2) is 23.1 Å². The highest BCUT2D eigenvalue weighted by Gasteiger charge is 2.29. The minimum absolute atomic E-state index is 0.0639. The second kappa shape index (κ2) is 8.00. The van der Waals surface area contributed by atoms with Crippen molar-refractivity contribution in [3.63, 3.8) is 0 Å². The average Bonchev–Trinajstić information content (AvgIpc) is 2.61. The zero-order valence-electron chi connectivity index (χ0n) is 14.8. The van der Waals surface area contributed by atoms with E-state index >= 15 is 0 Å². The Labute approximate surface area is 152 Å². The predicted octanol–water partition coefficient (Wildman–Crippen LogP) is 1.93. The lowest BCUT2D eigenvalue weighted by molar-refractivity contribution is -0.384. The number of hydrogen-bond donors (Lipinski definition) is 1. The summed E-state index contributed by atoms with van der Waals surface area (Å²) in [5.74, 6) is -1.74. The third-order valence-electron chi connectivity index (χ3n) is 4.48. The van der Waals surface area contributed by atoms with Crippen LogP contribution >= 0.6 is 0 Å². The van der Waals surface area contributed by atoms with Crippen LogP contribution in [0.3, 0.4) is 0 Å². The molecule has 1 aromatic rings. The molecule has 1 saturated heterocycles. The van der Waals surface area contributed by atoms with E-state index in [1.807, 2.05) is 0 Å². The molecule has 0 radical (unpaired) electrons. The first-order valence-corrected chi connectivity index (χ1v) is 9.81. The van der Waals surface area contributed by atoms with E-state index in [9.17, 15) is 23.3 Å². The number of anilines is 1. The van der Waals surface area contributed by atoms with Gasteiger partial charge in [-0.15, -0.1) is 0 Å². The maximum Gasteiger partial charge on any atom is 0.308 e. The summed E-state index contributed by atoms with van der Waals surface area (Å²) in [5, 5.41) is 20.5. The van der Waals surface area contributed by atoms with Crippen LogP contribution in [0.2, 0.25) is 0 Å².